The van der Waals surface area contributed by atoms with Crippen molar-refractivity contribution in [1.82, 2.24) is 5.32 Å². The predicted octanol–water partition coefficient (Wildman–Crippen LogP) is 4.91. The van der Waals surface area contributed by atoms with Crippen molar-refractivity contribution in [3.05, 3.63) is 35.4 Å². The number of hydrogen-bond acceptors (Lipinski definition) is 1. The molecule has 0 atom stereocenters. The average Bonchev–Trinajstić information content (AvgIpc) is 2.49. The van der Waals surface area contributed by atoms with Crippen LogP contribution in [0.15, 0.2) is 24.3 Å². The molecule has 0 amide bonds. The molecule has 1 N–H and O–H groups in total. The number of rotatable bonds is 3. The van der Waals surface area contributed by atoms with E-state index in [1.807, 2.05) is 0 Å². The molecule has 116 valence electrons. The smallest absolute Gasteiger partial charge is 0.00462 e. The third-order valence-electron chi connectivity index (χ3n) is 5.77. The Morgan fingerprint density at radius 2 is 1.57 bits per heavy atom. The monoisotopic (exact) mass is 285 g/mol. The number of benzene rings is 1. The SMILES string of the molecule is CC1(C)CCC(c2ccc(CC3CCNCC3)cc2)CC1. The largest absolute Gasteiger partial charge is 0.317 e. The zero-order chi connectivity index (χ0) is 14.7. The van der Waals surface area contributed by atoms with Crippen molar-refractivity contribution in [3.63, 3.8) is 0 Å². The molecule has 1 aliphatic heterocycles. The molecule has 3 rings (SSSR count). The van der Waals surface area contributed by atoms with Crippen LogP contribution in [0, 0.1) is 11.3 Å². The highest BCUT2D eigenvalue weighted by molar-refractivity contribution is 5.26. The molecule has 1 aliphatic carbocycles. The fraction of sp³-hybridized carbons (Fsp3) is 0.700. The minimum absolute atomic E-state index is 0.575. The third kappa shape index (κ3) is 4.10. The first kappa shape index (κ1) is 15.1. The summed E-state index contributed by atoms with van der Waals surface area (Å²) in [5.41, 5.74) is 3.70. The fourth-order valence-corrected chi connectivity index (χ4v) is 4.08. The van der Waals surface area contributed by atoms with Crippen LogP contribution in [0.5, 0.6) is 0 Å². The first-order chi connectivity index (χ1) is 10.1. The topological polar surface area (TPSA) is 12.0 Å². The first-order valence-corrected chi connectivity index (χ1v) is 8.92. The maximum absolute atomic E-state index is 3.46. The Morgan fingerprint density at radius 3 is 2.19 bits per heavy atom. The summed E-state index contributed by atoms with van der Waals surface area (Å²) in [7, 11) is 0. The van der Waals surface area contributed by atoms with E-state index in [0.29, 0.717) is 5.41 Å². The highest BCUT2D eigenvalue weighted by Gasteiger charge is 2.27. The van der Waals surface area contributed by atoms with Gasteiger partial charge in [-0.3, -0.25) is 0 Å². The standard InChI is InChI=1S/C20H31N/c1-20(2)11-7-19(8-12-20)18-5-3-16(4-6-18)15-17-9-13-21-14-10-17/h3-6,17,19,21H,7-15H2,1-2H3. The zero-order valence-electron chi connectivity index (χ0n) is 13.8. The summed E-state index contributed by atoms with van der Waals surface area (Å²) in [6.45, 7) is 7.26. The van der Waals surface area contributed by atoms with Crippen molar-refractivity contribution in [3.8, 4) is 0 Å². The van der Waals surface area contributed by atoms with Crippen LogP contribution in [0.3, 0.4) is 0 Å². The van der Waals surface area contributed by atoms with E-state index >= 15 is 0 Å². The van der Waals surface area contributed by atoms with E-state index in [1.54, 1.807) is 11.1 Å². The van der Waals surface area contributed by atoms with Gasteiger partial charge in [-0.25, -0.2) is 0 Å². The van der Waals surface area contributed by atoms with Crippen LogP contribution in [-0.2, 0) is 6.42 Å². The Morgan fingerprint density at radius 1 is 0.952 bits per heavy atom. The molecule has 0 aromatic heterocycles. The van der Waals surface area contributed by atoms with Crippen molar-refractivity contribution in [1.29, 1.82) is 0 Å². The molecule has 1 saturated carbocycles. The number of nitrogens with one attached hydrogen (secondary N) is 1. The molecule has 1 saturated heterocycles. The molecular formula is C20H31N. The lowest BCUT2D eigenvalue weighted by molar-refractivity contribution is 0.224. The summed E-state index contributed by atoms with van der Waals surface area (Å²) < 4.78 is 0. The van der Waals surface area contributed by atoms with Crippen molar-refractivity contribution in [2.75, 3.05) is 13.1 Å². The normalized spacial score (nSPS) is 24.1. The summed E-state index contributed by atoms with van der Waals surface area (Å²) in [5.74, 6) is 1.71. The van der Waals surface area contributed by atoms with Gasteiger partial charge >= 0.3 is 0 Å². The van der Waals surface area contributed by atoms with Crippen LogP contribution < -0.4 is 5.32 Å². The summed E-state index contributed by atoms with van der Waals surface area (Å²) in [6.07, 6.45) is 9.49. The van der Waals surface area contributed by atoms with Crippen LogP contribution >= 0.6 is 0 Å². The molecule has 1 aromatic rings. The molecule has 0 bridgehead atoms. The highest BCUT2D eigenvalue weighted by atomic mass is 14.9. The third-order valence-corrected chi connectivity index (χ3v) is 5.77. The second-order valence-corrected chi connectivity index (χ2v) is 8.08. The van der Waals surface area contributed by atoms with E-state index in [1.165, 1.54) is 58.0 Å². The van der Waals surface area contributed by atoms with Crippen molar-refractivity contribution < 1.29 is 0 Å². The molecule has 1 heterocycles. The molecular weight excluding hydrogens is 254 g/mol. The average molecular weight is 285 g/mol. The molecule has 0 spiro atoms. The van der Waals surface area contributed by atoms with Gasteiger partial charge in [-0.1, -0.05) is 38.1 Å². The molecule has 21 heavy (non-hydrogen) atoms. The first-order valence-electron chi connectivity index (χ1n) is 8.92. The molecule has 1 nitrogen and oxygen atoms in total. The minimum Gasteiger partial charge on any atom is -0.317 e. The Bertz CT molecular complexity index is 429. The van der Waals surface area contributed by atoms with Gasteiger partial charge in [0.1, 0.15) is 0 Å². The van der Waals surface area contributed by atoms with Crippen LogP contribution in [0.2, 0.25) is 0 Å². The van der Waals surface area contributed by atoms with Gasteiger partial charge in [-0.2, -0.15) is 0 Å². The molecule has 0 unspecified atom stereocenters. The van der Waals surface area contributed by atoms with Crippen LogP contribution in [0.4, 0.5) is 0 Å². The van der Waals surface area contributed by atoms with Gasteiger partial charge < -0.3 is 5.32 Å². The van der Waals surface area contributed by atoms with Gasteiger partial charge in [0.15, 0.2) is 0 Å². The van der Waals surface area contributed by atoms with E-state index in [9.17, 15) is 0 Å². The Balaban J connectivity index is 1.56. The van der Waals surface area contributed by atoms with Gasteiger partial charge in [-0.15, -0.1) is 0 Å². The zero-order valence-corrected chi connectivity index (χ0v) is 13.8. The highest BCUT2D eigenvalue weighted by Crippen LogP contribution is 2.42. The predicted molar refractivity (Wildman–Crippen MR) is 90.7 cm³/mol. The maximum atomic E-state index is 3.46. The quantitative estimate of drug-likeness (QED) is 0.832. The fourth-order valence-electron chi connectivity index (χ4n) is 4.08. The van der Waals surface area contributed by atoms with Gasteiger partial charge in [0.05, 0.1) is 0 Å². The molecule has 2 aliphatic rings. The molecule has 2 fully saturated rings. The second kappa shape index (κ2) is 6.52. The number of hydrogen-bond donors (Lipinski definition) is 1. The Labute approximate surface area is 130 Å². The second-order valence-electron chi connectivity index (χ2n) is 8.08. The number of piperidine rings is 1. The van der Waals surface area contributed by atoms with Crippen LogP contribution in [0.1, 0.15) is 69.4 Å². The summed E-state index contributed by atoms with van der Waals surface area (Å²) in [5, 5.41) is 3.46. The van der Waals surface area contributed by atoms with E-state index in [4.69, 9.17) is 0 Å². The Hall–Kier alpha value is -0.820. The van der Waals surface area contributed by atoms with Crippen LogP contribution in [0.25, 0.3) is 0 Å². The molecule has 0 radical (unpaired) electrons. The Kier molecular flexibility index (Phi) is 4.69. The van der Waals surface area contributed by atoms with Crippen molar-refractivity contribution in [2.45, 2.75) is 64.7 Å². The summed E-state index contributed by atoms with van der Waals surface area (Å²) >= 11 is 0. The van der Waals surface area contributed by atoms with Gasteiger partial charge in [0.2, 0.25) is 0 Å². The molecule has 1 heteroatoms. The lowest BCUT2D eigenvalue weighted by atomic mass is 9.71. The molecule has 1 aromatic carbocycles. The van der Waals surface area contributed by atoms with Crippen molar-refractivity contribution in [2.24, 2.45) is 11.3 Å². The van der Waals surface area contributed by atoms with Gasteiger partial charge in [0.25, 0.3) is 0 Å². The van der Waals surface area contributed by atoms with Crippen molar-refractivity contribution >= 4 is 0 Å². The van der Waals surface area contributed by atoms with E-state index in [-0.39, 0.29) is 0 Å². The maximum Gasteiger partial charge on any atom is -0.00462 e. The van der Waals surface area contributed by atoms with E-state index in [2.05, 4.69) is 43.4 Å². The lowest BCUT2D eigenvalue weighted by Crippen LogP contribution is -2.28. The van der Waals surface area contributed by atoms with E-state index < -0.39 is 0 Å². The van der Waals surface area contributed by atoms with Gasteiger partial charge in [-0.05, 0) is 86.4 Å². The van der Waals surface area contributed by atoms with Crippen LogP contribution in [-0.4, -0.2) is 13.1 Å². The van der Waals surface area contributed by atoms with E-state index in [0.717, 1.165) is 11.8 Å². The lowest BCUT2D eigenvalue weighted by Gasteiger charge is -2.34. The summed E-state index contributed by atoms with van der Waals surface area (Å²) in [4.78, 5) is 0. The van der Waals surface area contributed by atoms with Gasteiger partial charge in [0, 0.05) is 0 Å². The minimum atomic E-state index is 0.575. The summed E-state index contributed by atoms with van der Waals surface area (Å²) in [6, 6.07) is 9.63.